The number of carbonyl (C=O) groups excluding carboxylic acids is 3. The topological polar surface area (TPSA) is 94.4 Å². The summed E-state index contributed by atoms with van der Waals surface area (Å²) in [6.07, 6.45) is 0.351. The second-order valence-corrected chi connectivity index (χ2v) is 12.8. The lowest BCUT2D eigenvalue weighted by atomic mass is 9.72. The lowest BCUT2D eigenvalue weighted by Gasteiger charge is -2.37. The lowest BCUT2D eigenvalue weighted by molar-refractivity contribution is -0.146. The molecular formula is C28H35Cl2F3N4O4. The van der Waals surface area contributed by atoms with E-state index in [1.807, 2.05) is 6.92 Å². The summed E-state index contributed by atoms with van der Waals surface area (Å²) in [5, 5.41) is 3.98. The van der Waals surface area contributed by atoms with Gasteiger partial charge in [-0.05, 0) is 43.4 Å². The van der Waals surface area contributed by atoms with Gasteiger partial charge in [0.2, 0.25) is 0 Å². The van der Waals surface area contributed by atoms with Crippen LogP contribution in [0.1, 0.15) is 99.2 Å². The van der Waals surface area contributed by atoms with Crippen molar-refractivity contribution >= 4 is 40.9 Å². The molecule has 0 bridgehead atoms. The highest BCUT2D eigenvalue weighted by atomic mass is 35.5. The lowest BCUT2D eigenvalue weighted by Crippen LogP contribution is -2.42. The molecule has 0 radical (unpaired) electrons. The summed E-state index contributed by atoms with van der Waals surface area (Å²) < 4.78 is 49.4. The quantitative estimate of drug-likeness (QED) is 0.221. The van der Waals surface area contributed by atoms with E-state index in [1.54, 1.807) is 27.7 Å². The standard InChI is InChI=1S/C28H35Cl2F3N4O4/c1-6-41-22(39)11-27(5)9-7-17(8-10-27)37-24(28(31,32)33)18(12-35-37)25(40)36(16-26(2,3)4)15-21(38)23-19(29)13-34-14-20(23)30/h12-14,17H,6-11,15-16H2,1-5H3/t17-,27-. The van der Waals surface area contributed by atoms with Crippen molar-refractivity contribution in [1.82, 2.24) is 19.7 Å². The van der Waals surface area contributed by atoms with Crippen LogP contribution in [0.4, 0.5) is 13.2 Å². The fourth-order valence-electron chi connectivity index (χ4n) is 5.23. The number of Topliss-reactive ketones (excluding diaryl/α,β-unsaturated/α-hetero) is 1. The fourth-order valence-corrected chi connectivity index (χ4v) is 5.81. The van der Waals surface area contributed by atoms with Gasteiger partial charge in [0.05, 0.1) is 53.0 Å². The van der Waals surface area contributed by atoms with Crippen LogP contribution >= 0.6 is 23.2 Å². The van der Waals surface area contributed by atoms with Crippen molar-refractivity contribution < 1.29 is 32.3 Å². The highest BCUT2D eigenvalue weighted by Crippen LogP contribution is 2.45. The third-order valence-corrected chi connectivity index (χ3v) is 7.67. The van der Waals surface area contributed by atoms with Gasteiger partial charge in [0.1, 0.15) is 0 Å². The number of halogens is 5. The summed E-state index contributed by atoms with van der Waals surface area (Å²) >= 11 is 12.2. The number of ether oxygens (including phenoxy) is 1. The molecular weight excluding hydrogens is 584 g/mol. The van der Waals surface area contributed by atoms with Gasteiger partial charge in [-0.25, -0.2) is 0 Å². The first-order chi connectivity index (χ1) is 19.0. The number of carbonyl (C=O) groups is 3. The molecule has 2 aromatic heterocycles. The molecule has 1 aliphatic rings. The zero-order valence-electron chi connectivity index (χ0n) is 23.8. The molecule has 0 spiro atoms. The van der Waals surface area contributed by atoms with Crippen LogP contribution < -0.4 is 0 Å². The molecule has 1 saturated carbocycles. The van der Waals surface area contributed by atoms with E-state index in [9.17, 15) is 27.6 Å². The molecule has 1 aliphatic carbocycles. The van der Waals surface area contributed by atoms with Gasteiger partial charge in [-0.3, -0.25) is 24.0 Å². The number of ketones is 1. The van der Waals surface area contributed by atoms with E-state index < -0.39 is 52.5 Å². The van der Waals surface area contributed by atoms with E-state index >= 15 is 0 Å². The maximum Gasteiger partial charge on any atom is 0.433 e. The number of rotatable bonds is 9. The summed E-state index contributed by atoms with van der Waals surface area (Å²) in [4.78, 5) is 43.8. The van der Waals surface area contributed by atoms with Crippen molar-refractivity contribution in [3.8, 4) is 0 Å². The van der Waals surface area contributed by atoms with Crippen LogP contribution in [0.15, 0.2) is 18.6 Å². The normalized spacial score (nSPS) is 19.6. The number of pyridine rings is 1. The van der Waals surface area contributed by atoms with Gasteiger partial charge >= 0.3 is 12.1 Å². The summed E-state index contributed by atoms with van der Waals surface area (Å²) in [7, 11) is 0. The first-order valence-electron chi connectivity index (χ1n) is 13.4. The van der Waals surface area contributed by atoms with Crippen molar-refractivity contribution in [2.75, 3.05) is 19.7 Å². The second kappa shape index (κ2) is 12.7. The molecule has 0 atom stereocenters. The van der Waals surface area contributed by atoms with E-state index in [2.05, 4.69) is 10.1 Å². The van der Waals surface area contributed by atoms with Crippen LogP contribution in [0.3, 0.4) is 0 Å². The summed E-state index contributed by atoms with van der Waals surface area (Å²) in [6, 6.07) is -0.615. The third-order valence-electron chi connectivity index (χ3n) is 7.10. The van der Waals surface area contributed by atoms with Crippen molar-refractivity contribution in [3.63, 3.8) is 0 Å². The number of esters is 1. The number of aromatic nitrogens is 3. The highest BCUT2D eigenvalue weighted by molar-refractivity contribution is 6.39. The summed E-state index contributed by atoms with van der Waals surface area (Å²) in [5.41, 5.74) is -2.81. The molecule has 3 rings (SSSR count). The van der Waals surface area contributed by atoms with Crippen LogP contribution in [-0.4, -0.2) is 57.0 Å². The minimum Gasteiger partial charge on any atom is -0.466 e. The van der Waals surface area contributed by atoms with E-state index in [1.165, 1.54) is 12.4 Å². The monoisotopic (exact) mass is 618 g/mol. The largest absolute Gasteiger partial charge is 0.466 e. The molecule has 0 aromatic carbocycles. The third kappa shape index (κ3) is 8.22. The number of nitrogens with zero attached hydrogens (tertiary/aromatic N) is 4. The minimum absolute atomic E-state index is 0.0178. The Kier molecular flexibility index (Phi) is 10.2. The first kappa shape index (κ1) is 32.8. The average Bonchev–Trinajstić information content (AvgIpc) is 3.28. The van der Waals surface area contributed by atoms with Crippen LogP contribution in [0, 0.1) is 10.8 Å². The van der Waals surface area contributed by atoms with Gasteiger partial charge in [-0.1, -0.05) is 50.9 Å². The Morgan fingerprint density at radius 2 is 1.68 bits per heavy atom. The van der Waals surface area contributed by atoms with Gasteiger partial charge in [0, 0.05) is 18.9 Å². The van der Waals surface area contributed by atoms with Crippen molar-refractivity contribution in [2.24, 2.45) is 10.8 Å². The zero-order valence-corrected chi connectivity index (χ0v) is 25.3. The minimum atomic E-state index is -4.89. The van der Waals surface area contributed by atoms with Crippen LogP contribution in [0.25, 0.3) is 0 Å². The van der Waals surface area contributed by atoms with Gasteiger partial charge < -0.3 is 9.64 Å². The molecule has 41 heavy (non-hydrogen) atoms. The van der Waals surface area contributed by atoms with Gasteiger partial charge in [0.25, 0.3) is 5.91 Å². The Morgan fingerprint density at radius 1 is 1.10 bits per heavy atom. The predicted octanol–water partition coefficient (Wildman–Crippen LogP) is 7.05. The van der Waals surface area contributed by atoms with E-state index in [0.717, 1.165) is 15.8 Å². The number of hydrogen-bond acceptors (Lipinski definition) is 6. The molecule has 0 unspecified atom stereocenters. The number of hydrogen-bond donors (Lipinski definition) is 0. The molecule has 13 heteroatoms. The molecule has 8 nitrogen and oxygen atoms in total. The molecule has 0 saturated heterocycles. The molecule has 226 valence electrons. The SMILES string of the molecule is CCOC(=O)C[C@]1(C)CC[C@@H](n2ncc(C(=O)N(CC(=O)c3c(Cl)cncc3Cl)CC(C)(C)C)c2C(F)(F)F)CC1. The maximum absolute atomic E-state index is 14.5. The second-order valence-electron chi connectivity index (χ2n) is 12.0. The van der Waals surface area contributed by atoms with Crippen molar-refractivity contribution in [1.29, 1.82) is 0 Å². The van der Waals surface area contributed by atoms with E-state index in [4.69, 9.17) is 27.9 Å². The van der Waals surface area contributed by atoms with E-state index in [0.29, 0.717) is 25.7 Å². The molecule has 1 fully saturated rings. The predicted molar refractivity (Wildman–Crippen MR) is 148 cm³/mol. The Labute approximate surface area is 247 Å². The number of alkyl halides is 3. The van der Waals surface area contributed by atoms with Gasteiger partial charge in [-0.2, -0.15) is 18.3 Å². The molecule has 2 aromatic rings. The number of amides is 1. The molecule has 1 amide bonds. The van der Waals surface area contributed by atoms with E-state index in [-0.39, 0.29) is 41.2 Å². The van der Waals surface area contributed by atoms with Gasteiger partial charge in [0.15, 0.2) is 11.5 Å². The summed E-state index contributed by atoms with van der Waals surface area (Å²) in [5.74, 6) is -1.94. The Hall–Kier alpha value is -2.66. The fraction of sp³-hybridized carbons (Fsp3) is 0.607. The van der Waals surface area contributed by atoms with Crippen LogP contribution in [0.5, 0.6) is 0 Å². The first-order valence-corrected chi connectivity index (χ1v) is 14.1. The Morgan fingerprint density at radius 3 is 2.20 bits per heavy atom. The molecule has 0 N–H and O–H groups in total. The molecule has 0 aliphatic heterocycles. The summed E-state index contributed by atoms with van der Waals surface area (Å²) in [6.45, 7) is 8.74. The zero-order chi connectivity index (χ0) is 30.8. The molecule has 2 heterocycles. The van der Waals surface area contributed by atoms with Crippen LogP contribution in [-0.2, 0) is 15.7 Å². The Bertz CT molecular complexity index is 1260. The van der Waals surface area contributed by atoms with Crippen molar-refractivity contribution in [3.05, 3.63) is 45.5 Å². The van der Waals surface area contributed by atoms with Crippen molar-refractivity contribution in [2.45, 2.75) is 78.9 Å². The van der Waals surface area contributed by atoms with Gasteiger partial charge in [-0.15, -0.1) is 0 Å². The smallest absolute Gasteiger partial charge is 0.433 e. The maximum atomic E-state index is 14.5. The van der Waals surface area contributed by atoms with Crippen LogP contribution in [0.2, 0.25) is 10.0 Å². The highest BCUT2D eigenvalue weighted by Gasteiger charge is 2.44. The Balaban J connectivity index is 1.92. The average molecular weight is 620 g/mol.